The maximum absolute atomic E-state index is 13.0. The Bertz CT molecular complexity index is 1860. The Morgan fingerprint density at radius 1 is 0.957 bits per heavy atom. The zero-order chi connectivity index (χ0) is 33.7. The van der Waals surface area contributed by atoms with E-state index in [9.17, 15) is 4.55 Å². The number of pyridine rings is 2. The average Bonchev–Trinajstić information content (AvgIpc) is 3.61. The number of alkyl halides is 1. The smallest absolute Gasteiger partial charge is 0.192 e. The number of halogens is 1. The van der Waals surface area contributed by atoms with Crippen LogP contribution in [0.15, 0.2) is 67.0 Å². The summed E-state index contributed by atoms with van der Waals surface area (Å²) in [4.78, 5) is 10.1. The molecule has 12 heteroatoms. The van der Waals surface area contributed by atoms with Crippen molar-refractivity contribution in [1.82, 2.24) is 34.3 Å². The molecule has 1 aromatic carbocycles. The van der Waals surface area contributed by atoms with Crippen LogP contribution < -0.4 is 4.72 Å². The molecular weight excluding hydrogens is 725 g/mol. The van der Waals surface area contributed by atoms with Gasteiger partial charge in [-0.05, 0) is 88.3 Å². The normalized spacial score (nSPS) is 14.9. The van der Waals surface area contributed by atoms with Crippen molar-refractivity contribution >= 4 is 53.2 Å². The summed E-state index contributed by atoms with van der Waals surface area (Å²) in [5.41, 5.74) is 6.04. The van der Waals surface area contributed by atoms with Crippen LogP contribution in [0.2, 0.25) is 18.1 Å². The second-order valence-electron chi connectivity index (χ2n) is 14.3. The van der Waals surface area contributed by atoms with Crippen molar-refractivity contribution in [3.8, 4) is 28.3 Å². The molecule has 4 heterocycles. The first-order valence-corrected chi connectivity index (χ1v) is 20.5. The van der Waals surface area contributed by atoms with Crippen LogP contribution in [-0.4, -0.2) is 47.1 Å². The fraction of sp³-hybridized carbons (Fsp3) is 0.412. The second kappa shape index (κ2) is 12.8. The molecule has 0 radical (unpaired) electrons. The molecule has 2 unspecified atom stereocenters. The van der Waals surface area contributed by atoms with E-state index in [-0.39, 0.29) is 5.04 Å². The minimum Gasteiger partial charge on any atom is -0.598 e. The number of nitrogens with zero attached hydrogens (tertiary/aromatic N) is 6. The van der Waals surface area contributed by atoms with E-state index < -0.39 is 28.0 Å². The van der Waals surface area contributed by atoms with Gasteiger partial charge in [-0.2, -0.15) is 10.2 Å². The topological polar surface area (TPSA) is 106 Å². The summed E-state index contributed by atoms with van der Waals surface area (Å²) in [5.74, 6) is 0.714. The van der Waals surface area contributed by atoms with Gasteiger partial charge in [0.2, 0.25) is 0 Å². The highest BCUT2D eigenvalue weighted by Gasteiger charge is 2.38. The molecule has 244 valence electrons. The number of hydrogen-bond acceptors (Lipinski definition) is 7. The quantitative estimate of drug-likeness (QED) is 0.0532. The molecule has 0 fully saturated rings. The first-order valence-electron chi connectivity index (χ1n) is 15.3. The van der Waals surface area contributed by atoms with E-state index in [1.165, 1.54) is 0 Å². The number of fused-ring (bicyclic) bond motifs is 1. The van der Waals surface area contributed by atoms with E-state index in [2.05, 4.69) is 73.3 Å². The highest BCUT2D eigenvalue weighted by molar-refractivity contribution is 14.1. The molecule has 1 N–H and O–H groups in total. The van der Waals surface area contributed by atoms with Crippen LogP contribution in [0.25, 0.3) is 39.2 Å². The highest BCUT2D eigenvalue weighted by Crippen LogP contribution is 2.38. The van der Waals surface area contributed by atoms with Crippen LogP contribution in [0.1, 0.15) is 59.9 Å². The number of hydrogen-bond donors (Lipinski definition) is 1. The van der Waals surface area contributed by atoms with E-state index in [1.54, 1.807) is 4.68 Å². The van der Waals surface area contributed by atoms with Gasteiger partial charge < -0.3 is 8.98 Å². The Morgan fingerprint density at radius 3 is 2.33 bits per heavy atom. The summed E-state index contributed by atoms with van der Waals surface area (Å²) in [6.07, 6.45) is 3.81. The van der Waals surface area contributed by atoms with Gasteiger partial charge in [0.25, 0.3) is 0 Å². The van der Waals surface area contributed by atoms with E-state index in [1.807, 2.05) is 94.3 Å². The Hall–Kier alpha value is -2.62. The molecule has 0 bridgehead atoms. The van der Waals surface area contributed by atoms with Crippen molar-refractivity contribution < 1.29 is 8.98 Å². The third-order valence-electron chi connectivity index (χ3n) is 8.44. The molecule has 0 spiro atoms. The van der Waals surface area contributed by atoms with Crippen molar-refractivity contribution in [3.63, 3.8) is 0 Å². The van der Waals surface area contributed by atoms with Crippen LogP contribution in [0, 0.1) is 0 Å². The lowest BCUT2D eigenvalue weighted by Gasteiger charge is -2.36. The molecule has 4 aromatic heterocycles. The second-order valence-corrected chi connectivity index (χ2v) is 23.3. The maximum atomic E-state index is 13.0. The van der Waals surface area contributed by atoms with E-state index >= 15 is 0 Å². The van der Waals surface area contributed by atoms with Crippen molar-refractivity contribution in [2.75, 3.05) is 0 Å². The number of nitrogens with one attached hydrogen (secondary N) is 1. The molecular formula is C34H44IN7O2SSi. The third kappa shape index (κ3) is 7.42. The molecule has 0 aliphatic heterocycles. The third-order valence-corrected chi connectivity index (χ3v) is 15.8. The van der Waals surface area contributed by atoms with Gasteiger partial charge >= 0.3 is 0 Å². The van der Waals surface area contributed by atoms with Gasteiger partial charge in [0.1, 0.15) is 4.75 Å². The first-order chi connectivity index (χ1) is 21.4. The standard InChI is InChI=1S/C34H44IN7O2SSi/c1-32(2,3)45(43)40-34(7,35)30-15-12-14-27(38-30)23-19-25(28-17-18-41(8)39-28)26-21-36-42(29(26)20-23)31-16-11-13-24(37-31)22-44-46(9,10)33(4,5)6/h11-21,40H,22H2,1-10H3. The largest absolute Gasteiger partial charge is 0.598 e. The number of aromatic nitrogens is 6. The predicted octanol–water partition coefficient (Wildman–Crippen LogP) is 8.06. The van der Waals surface area contributed by atoms with Crippen molar-refractivity contribution in [3.05, 3.63) is 78.4 Å². The van der Waals surface area contributed by atoms with Crippen LogP contribution in [0.3, 0.4) is 0 Å². The molecule has 0 aliphatic rings. The average molecular weight is 770 g/mol. The summed E-state index contributed by atoms with van der Waals surface area (Å²) >= 11 is 1.02. The Labute approximate surface area is 290 Å². The number of rotatable bonds is 9. The van der Waals surface area contributed by atoms with Crippen LogP contribution in [0.5, 0.6) is 0 Å². The summed E-state index contributed by atoms with van der Waals surface area (Å²) < 4.78 is 25.4. The Balaban J connectivity index is 1.59. The van der Waals surface area contributed by atoms with Gasteiger partial charge in [0, 0.05) is 41.1 Å². The summed E-state index contributed by atoms with van der Waals surface area (Å²) in [7, 11) is -0.0274. The Kier molecular flexibility index (Phi) is 9.63. The SMILES string of the molecule is Cn1ccc(-c2cc(-c3cccc(C(C)(I)N[S+]([O-])C(C)(C)C)n3)cc3c2cnn3-c2cccc(CO[Si](C)(C)C(C)(C)C)n2)n1. The minimum atomic E-state index is -1.94. The van der Waals surface area contributed by atoms with Crippen LogP contribution in [0.4, 0.5) is 0 Å². The number of benzene rings is 1. The number of aryl methyl sites for hydroxylation is 1. The molecule has 0 saturated heterocycles. The first kappa shape index (κ1) is 34.7. The van der Waals surface area contributed by atoms with Gasteiger partial charge in [0.05, 0.1) is 41.1 Å². The van der Waals surface area contributed by atoms with Crippen molar-refractivity contribution in [2.45, 2.75) is 81.5 Å². The Morgan fingerprint density at radius 2 is 1.67 bits per heavy atom. The van der Waals surface area contributed by atoms with Crippen LogP contribution >= 0.6 is 22.6 Å². The molecule has 0 saturated carbocycles. The molecule has 46 heavy (non-hydrogen) atoms. The van der Waals surface area contributed by atoms with Crippen molar-refractivity contribution in [1.29, 1.82) is 0 Å². The molecule has 5 aromatic rings. The predicted molar refractivity (Wildman–Crippen MR) is 199 cm³/mol. The zero-order valence-electron chi connectivity index (χ0n) is 28.3. The molecule has 0 amide bonds. The molecule has 5 rings (SSSR count). The summed E-state index contributed by atoms with van der Waals surface area (Å²) in [6, 6.07) is 18.2. The lowest BCUT2D eigenvalue weighted by atomic mass is 10.0. The van der Waals surface area contributed by atoms with E-state index in [0.717, 1.165) is 44.8 Å². The fourth-order valence-corrected chi connectivity index (χ4v) is 7.20. The van der Waals surface area contributed by atoms with Gasteiger partial charge in [0.15, 0.2) is 17.7 Å². The fourth-order valence-electron chi connectivity index (χ4n) is 4.60. The highest BCUT2D eigenvalue weighted by atomic mass is 127. The van der Waals surface area contributed by atoms with Gasteiger partial charge in [-0.15, -0.1) is 4.72 Å². The summed E-state index contributed by atoms with van der Waals surface area (Å²) in [6.45, 7) is 19.5. The van der Waals surface area contributed by atoms with Gasteiger partial charge in [-0.25, -0.2) is 14.6 Å². The maximum Gasteiger partial charge on any atom is 0.192 e. The van der Waals surface area contributed by atoms with Crippen molar-refractivity contribution in [2.24, 2.45) is 7.05 Å². The van der Waals surface area contributed by atoms with E-state index in [0.29, 0.717) is 12.4 Å². The summed E-state index contributed by atoms with van der Waals surface area (Å²) in [5, 5.41) is 10.6. The van der Waals surface area contributed by atoms with E-state index in [4.69, 9.17) is 24.6 Å². The minimum absolute atomic E-state index is 0.112. The molecule has 2 atom stereocenters. The lowest BCUT2D eigenvalue weighted by Crippen LogP contribution is -2.47. The lowest BCUT2D eigenvalue weighted by molar-refractivity contribution is 0.272. The zero-order valence-corrected chi connectivity index (χ0v) is 32.3. The molecule has 0 aliphatic carbocycles. The monoisotopic (exact) mass is 769 g/mol. The molecule has 9 nitrogen and oxygen atoms in total. The van der Waals surface area contributed by atoms with Gasteiger partial charge in [-0.3, -0.25) is 4.68 Å². The van der Waals surface area contributed by atoms with Crippen LogP contribution in [-0.2, 0) is 33.0 Å². The van der Waals surface area contributed by atoms with Gasteiger partial charge in [-0.1, -0.05) is 55.5 Å².